The molecular weight excluding hydrogens is 308 g/mol. The standard InChI is InChI=1S/C18H28N2O4/c1-12(2)14-7-8-24-17(14)11-20-18(21)19-10-13-5-6-15(22-3)16(9-13)23-4/h5-6,9,12,14,17H,7-8,10-11H2,1-4H3,(H2,19,20,21)/t14-,17+/m1/s1. The molecule has 24 heavy (non-hydrogen) atoms. The molecule has 0 aliphatic carbocycles. The molecule has 134 valence electrons. The summed E-state index contributed by atoms with van der Waals surface area (Å²) in [5.74, 6) is 2.39. The molecule has 2 rings (SSSR count). The first-order valence-corrected chi connectivity index (χ1v) is 8.39. The van der Waals surface area contributed by atoms with Crippen molar-refractivity contribution < 1.29 is 19.0 Å². The van der Waals surface area contributed by atoms with Crippen LogP contribution in [0.2, 0.25) is 0 Å². The summed E-state index contributed by atoms with van der Waals surface area (Å²) < 4.78 is 16.2. The van der Waals surface area contributed by atoms with Crippen LogP contribution in [0.4, 0.5) is 4.79 Å². The smallest absolute Gasteiger partial charge is 0.315 e. The molecule has 1 aliphatic rings. The second kappa shape index (κ2) is 8.78. The minimum atomic E-state index is -0.192. The van der Waals surface area contributed by atoms with E-state index >= 15 is 0 Å². The highest BCUT2D eigenvalue weighted by molar-refractivity contribution is 5.73. The molecule has 2 amide bonds. The lowest BCUT2D eigenvalue weighted by Crippen LogP contribution is -2.41. The van der Waals surface area contributed by atoms with Crippen LogP contribution >= 0.6 is 0 Å². The van der Waals surface area contributed by atoms with Gasteiger partial charge in [0.1, 0.15) is 0 Å². The topological polar surface area (TPSA) is 68.8 Å². The second-order valence-corrected chi connectivity index (χ2v) is 6.36. The van der Waals surface area contributed by atoms with Crippen LogP contribution in [-0.2, 0) is 11.3 Å². The monoisotopic (exact) mass is 336 g/mol. The third kappa shape index (κ3) is 4.77. The SMILES string of the molecule is COc1ccc(CNC(=O)NC[C@@H]2OCC[C@@H]2C(C)C)cc1OC. The number of ether oxygens (including phenoxy) is 3. The summed E-state index contributed by atoms with van der Waals surface area (Å²) in [6.07, 6.45) is 1.17. The molecule has 0 unspecified atom stereocenters. The lowest BCUT2D eigenvalue weighted by molar-refractivity contribution is 0.0806. The number of benzene rings is 1. The van der Waals surface area contributed by atoms with Gasteiger partial charge in [-0.3, -0.25) is 0 Å². The number of urea groups is 1. The van der Waals surface area contributed by atoms with Gasteiger partial charge in [-0.2, -0.15) is 0 Å². The van der Waals surface area contributed by atoms with Gasteiger partial charge in [0.25, 0.3) is 0 Å². The van der Waals surface area contributed by atoms with Crippen molar-refractivity contribution in [3.05, 3.63) is 23.8 Å². The third-order valence-electron chi connectivity index (χ3n) is 4.48. The Morgan fingerprint density at radius 2 is 2.00 bits per heavy atom. The first-order valence-electron chi connectivity index (χ1n) is 8.39. The number of carbonyl (C=O) groups excluding carboxylic acids is 1. The molecule has 1 saturated heterocycles. The van der Waals surface area contributed by atoms with E-state index in [0.29, 0.717) is 36.4 Å². The van der Waals surface area contributed by atoms with Crippen molar-refractivity contribution in [3.63, 3.8) is 0 Å². The van der Waals surface area contributed by atoms with Crippen LogP contribution in [0.25, 0.3) is 0 Å². The van der Waals surface area contributed by atoms with Gasteiger partial charge in [0.15, 0.2) is 11.5 Å². The van der Waals surface area contributed by atoms with E-state index in [1.54, 1.807) is 14.2 Å². The fourth-order valence-corrected chi connectivity index (χ4v) is 3.07. The van der Waals surface area contributed by atoms with E-state index in [4.69, 9.17) is 14.2 Å². The average molecular weight is 336 g/mol. The molecule has 1 heterocycles. The number of rotatable bonds is 7. The van der Waals surface area contributed by atoms with Crippen LogP contribution in [0.15, 0.2) is 18.2 Å². The van der Waals surface area contributed by atoms with Crippen molar-refractivity contribution in [3.8, 4) is 11.5 Å². The number of nitrogens with one attached hydrogen (secondary N) is 2. The molecule has 1 aromatic carbocycles. The lowest BCUT2D eigenvalue weighted by Gasteiger charge is -2.22. The third-order valence-corrected chi connectivity index (χ3v) is 4.48. The van der Waals surface area contributed by atoms with Crippen molar-refractivity contribution in [2.24, 2.45) is 11.8 Å². The lowest BCUT2D eigenvalue weighted by atomic mass is 9.89. The highest BCUT2D eigenvalue weighted by atomic mass is 16.5. The van der Waals surface area contributed by atoms with E-state index < -0.39 is 0 Å². The van der Waals surface area contributed by atoms with Crippen LogP contribution in [0.1, 0.15) is 25.8 Å². The predicted molar refractivity (Wildman–Crippen MR) is 92.5 cm³/mol. The molecule has 2 N–H and O–H groups in total. The Kier molecular flexibility index (Phi) is 6.73. The summed E-state index contributed by atoms with van der Waals surface area (Å²) >= 11 is 0. The van der Waals surface area contributed by atoms with Gasteiger partial charge in [0.2, 0.25) is 0 Å². The molecule has 6 nitrogen and oxygen atoms in total. The first-order chi connectivity index (χ1) is 11.5. The van der Waals surface area contributed by atoms with Gasteiger partial charge >= 0.3 is 6.03 Å². The summed E-state index contributed by atoms with van der Waals surface area (Å²) in [4.78, 5) is 12.0. The molecule has 1 aromatic rings. The fraction of sp³-hybridized carbons (Fsp3) is 0.611. The second-order valence-electron chi connectivity index (χ2n) is 6.36. The fourth-order valence-electron chi connectivity index (χ4n) is 3.07. The number of carbonyl (C=O) groups is 1. The van der Waals surface area contributed by atoms with Gasteiger partial charge in [-0.25, -0.2) is 4.79 Å². The number of hydrogen-bond donors (Lipinski definition) is 2. The maximum Gasteiger partial charge on any atom is 0.315 e. The van der Waals surface area contributed by atoms with E-state index in [-0.39, 0.29) is 12.1 Å². The van der Waals surface area contributed by atoms with Crippen LogP contribution in [-0.4, -0.2) is 39.5 Å². The summed E-state index contributed by atoms with van der Waals surface area (Å²) in [5, 5.41) is 5.75. The Labute approximate surface area is 143 Å². The van der Waals surface area contributed by atoms with E-state index in [2.05, 4.69) is 24.5 Å². The number of methoxy groups -OCH3 is 2. The maximum absolute atomic E-state index is 12.0. The highest BCUT2D eigenvalue weighted by Crippen LogP contribution is 2.28. The summed E-state index contributed by atoms with van der Waals surface area (Å²) in [7, 11) is 3.19. The van der Waals surface area contributed by atoms with E-state index in [1.165, 1.54) is 0 Å². The van der Waals surface area contributed by atoms with E-state index in [0.717, 1.165) is 18.6 Å². The van der Waals surface area contributed by atoms with Crippen LogP contribution < -0.4 is 20.1 Å². The van der Waals surface area contributed by atoms with Crippen molar-refractivity contribution in [1.82, 2.24) is 10.6 Å². The zero-order valence-electron chi connectivity index (χ0n) is 14.9. The molecule has 2 atom stereocenters. The van der Waals surface area contributed by atoms with Gasteiger partial charge in [-0.15, -0.1) is 0 Å². The molecule has 0 bridgehead atoms. The highest BCUT2D eigenvalue weighted by Gasteiger charge is 2.30. The van der Waals surface area contributed by atoms with E-state index in [1.807, 2.05) is 18.2 Å². The van der Waals surface area contributed by atoms with Gasteiger partial charge < -0.3 is 24.8 Å². The Bertz CT molecular complexity index is 548. The van der Waals surface area contributed by atoms with Crippen molar-refractivity contribution in [2.45, 2.75) is 32.9 Å². The molecule has 0 saturated carbocycles. The van der Waals surface area contributed by atoms with Gasteiger partial charge in [0, 0.05) is 19.7 Å². The summed E-state index contributed by atoms with van der Waals surface area (Å²) in [6, 6.07) is 5.39. The Hall–Kier alpha value is -1.95. The minimum Gasteiger partial charge on any atom is -0.493 e. The zero-order chi connectivity index (χ0) is 17.5. The van der Waals surface area contributed by atoms with Gasteiger partial charge in [-0.05, 0) is 36.0 Å². The molecule has 1 aliphatic heterocycles. The van der Waals surface area contributed by atoms with Crippen LogP contribution in [0, 0.1) is 11.8 Å². The Balaban J connectivity index is 1.79. The van der Waals surface area contributed by atoms with Crippen molar-refractivity contribution in [1.29, 1.82) is 0 Å². The maximum atomic E-state index is 12.0. The molecule has 0 radical (unpaired) electrons. The Morgan fingerprint density at radius 3 is 2.67 bits per heavy atom. The largest absolute Gasteiger partial charge is 0.493 e. The van der Waals surface area contributed by atoms with Crippen LogP contribution in [0.5, 0.6) is 11.5 Å². The molecule has 0 spiro atoms. The van der Waals surface area contributed by atoms with Crippen molar-refractivity contribution in [2.75, 3.05) is 27.4 Å². The summed E-state index contributed by atoms with van der Waals surface area (Å²) in [5.41, 5.74) is 0.944. The predicted octanol–water partition coefficient (Wildman–Crippen LogP) is 2.56. The molecular formula is C18H28N2O4. The minimum absolute atomic E-state index is 0.108. The average Bonchev–Trinajstić information content (AvgIpc) is 3.06. The molecule has 1 fully saturated rings. The number of amides is 2. The first kappa shape index (κ1) is 18.4. The molecule has 0 aromatic heterocycles. The number of hydrogen-bond acceptors (Lipinski definition) is 4. The quantitative estimate of drug-likeness (QED) is 0.803. The van der Waals surface area contributed by atoms with Crippen molar-refractivity contribution >= 4 is 6.03 Å². The Morgan fingerprint density at radius 1 is 1.25 bits per heavy atom. The summed E-state index contributed by atoms with van der Waals surface area (Å²) in [6.45, 7) is 6.14. The van der Waals surface area contributed by atoms with Gasteiger partial charge in [-0.1, -0.05) is 19.9 Å². The molecule has 6 heteroatoms. The normalized spacial score (nSPS) is 20.0. The van der Waals surface area contributed by atoms with E-state index in [9.17, 15) is 4.79 Å². The zero-order valence-corrected chi connectivity index (χ0v) is 14.9. The van der Waals surface area contributed by atoms with Crippen LogP contribution in [0.3, 0.4) is 0 Å². The van der Waals surface area contributed by atoms with Gasteiger partial charge in [0.05, 0.1) is 20.3 Å².